The smallest absolute Gasteiger partial charge is 0.0422 e. The summed E-state index contributed by atoms with van der Waals surface area (Å²) in [6.07, 6.45) is 2.74. The van der Waals surface area contributed by atoms with Crippen LogP contribution in [0, 0.1) is 6.92 Å². The van der Waals surface area contributed by atoms with Gasteiger partial charge in [0.05, 0.1) is 0 Å². The predicted octanol–water partition coefficient (Wildman–Crippen LogP) is 4.31. The van der Waals surface area contributed by atoms with E-state index in [9.17, 15) is 0 Å². The van der Waals surface area contributed by atoms with Crippen LogP contribution < -0.4 is 5.32 Å². The molecule has 0 radical (unpaired) electrons. The highest BCUT2D eigenvalue weighted by molar-refractivity contribution is 9.10. The molecule has 0 amide bonds. The molecule has 0 spiro atoms. The van der Waals surface area contributed by atoms with E-state index >= 15 is 0 Å². The number of rotatable bonds is 4. The average molecular weight is 340 g/mol. The van der Waals surface area contributed by atoms with E-state index in [1.807, 2.05) is 32.3 Å². The summed E-state index contributed by atoms with van der Waals surface area (Å²) in [5, 5.41) is 4.05. The molecule has 1 heterocycles. The minimum Gasteiger partial charge on any atom is -0.313 e. The molecular weight excluding hydrogens is 324 g/mol. The first kappa shape index (κ1) is 14.5. The molecule has 100 valence electrons. The first-order chi connectivity index (χ1) is 9.08. The van der Waals surface area contributed by atoms with E-state index < -0.39 is 0 Å². The highest BCUT2D eigenvalue weighted by Gasteiger charge is 2.12. The Morgan fingerprint density at radius 3 is 2.68 bits per heavy atom. The summed E-state index contributed by atoms with van der Waals surface area (Å²) >= 11 is 9.58. The van der Waals surface area contributed by atoms with E-state index in [4.69, 9.17) is 11.6 Å². The van der Waals surface area contributed by atoms with Crippen molar-refractivity contribution in [3.63, 3.8) is 0 Å². The molecule has 2 aromatic rings. The normalized spacial score (nSPS) is 12.4. The van der Waals surface area contributed by atoms with Crippen molar-refractivity contribution in [1.29, 1.82) is 0 Å². The third kappa shape index (κ3) is 4.03. The van der Waals surface area contributed by atoms with Gasteiger partial charge in [-0.2, -0.15) is 0 Å². The summed E-state index contributed by atoms with van der Waals surface area (Å²) < 4.78 is 0.993. The number of aromatic nitrogens is 1. The van der Waals surface area contributed by atoms with Gasteiger partial charge in [-0.1, -0.05) is 33.6 Å². The molecule has 19 heavy (non-hydrogen) atoms. The van der Waals surface area contributed by atoms with Gasteiger partial charge in [0.25, 0.3) is 0 Å². The van der Waals surface area contributed by atoms with Gasteiger partial charge in [-0.3, -0.25) is 4.98 Å². The van der Waals surface area contributed by atoms with Crippen LogP contribution in [0.25, 0.3) is 0 Å². The van der Waals surface area contributed by atoms with Crippen molar-refractivity contribution in [3.8, 4) is 0 Å². The Morgan fingerprint density at radius 1 is 1.32 bits per heavy atom. The molecule has 2 rings (SSSR count). The molecule has 0 saturated heterocycles. The van der Waals surface area contributed by atoms with Crippen LogP contribution in [0.15, 0.2) is 41.0 Å². The molecular formula is C15H16BrClN2. The number of nitrogens with one attached hydrogen (secondary N) is 1. The Bertz CT molecular complexity index is 534. The number of nitrogens with zero attached hydrogens (tertiary/aromatic N) is 1. The number of aryl methyl sites for hydroxylation is 1. The SMILES string of the molecule is CNC(Cc1ccc(C)cn1)c1cc(Cl)cc(Br)c1. The van der Waals surface area contributed by atoms with Gasteiger partial charge in [0.15, 0.2) is 0 Å². The number of pyridine rings is 1. The molecule has 1 aromatic carbocycles. The van der Waals surface area contributed by atoms with E-state index in [1.54, 1.807) is 0 Å². The number of hydrogen-bond acceptors (Lipinski definition) is 2. The highest BCUT2D eigenvalue weighted by Crippen LogP contribution is 2.25. The van der Waals surface area contributed by atoms with Gasteiger partial charge in [0, 0.05) is 33.8 Å². The minimum absolute atomic E-state index is 0.199. The lowest BCUT2D eigenvalue weighted by atomic mass is 10.0. The van der Waals surface area contributed by atoms with Crippen LogP contribution in [0.5, 0.6) is 0 Å². The maximum atomic E-state index is 6.10. The lowest BCUT2D eigenvalue weighted by Gasteiger charge is -2.17. The maximum Gasteiger partial charge on any atom is 0.0422 e. The van der Waals surface area contributed by atoms with Crippen LogP contribution in [0.4, 0.5) is 0 Å². The summed E-state index contributed by atoms with van der Waals surface area (Å²) in [5.41, 5.74) is 3.40. The van der Waals surface area contributed by atoms with E-state index in [0.29, 0.717) is 0 Å². The second kappa shape index (κ2) is 6.51. The second-order valence-electron chi connectivity index (χ2n) is 4.58. The lowest BCUT2D eigenvalue weighted by molar-refractivity contribution is 0.584. The molecule has 0 aliphatic carbocycles. The van der Waals surface area contributed by atoms with Crippen molar-refractivity contribution in [1.82, 2.24) is 10.3 Å². The third-order valence-electron chi connectivity index (χ3n) is 3.02. The Labute approximate surface area is 127 Å². The van der Waals surface area contributed by atoms with Gasteiger partial charge < -0.3 is 5.32 Å². The number of halogens is 2. The Hall–Kier alpha value is -0.900. The van der Waals surface area contributed by atoms with Crippen LogP contribution in [0.2, 0.25) is 5.02 Å². The van der Waals surface area contributed by atoms with Crippen molar-refractivity contribution >= 4 is 27.5 Å². The molecule has 4 heteroatoms. The largest absolute Gasteiger partial charge is 0.313 e. The van der Waals surface area contributed by atoms with Gasteiger partial charge in [-0.25, -0.2) is 0 Å². The standard InChI is InChI=1S/C15H16BrClN2/c1-10-3-4-14(19-9-10)8-15(18-2)11-5-12(16)7-13(17)6-11/h3-7,9,15,18H,8H2,1-2H3. The summed E-state index contributed by atoms with van der Waals surface area (Å²) in [6.45, 7) is 2.04. The van der Waals surface area contributed by atoms with Crippen molar-refractivity contribution in [2.24, 2.45) is 0 Å². The van der Waals surface area contributed by atoms with Gasteiger partial charge in [0.1, 0.15) is 0 Å². The van der Waals surface area contributed by atoms with Crippen LogP contribution >= 0.6 is 27.5 Å². The lowest BCUT2D eigenvalue weighted by Crippen LogP contribution is -2.19. The number of hydrogen-bond donors (Lipinski definition) is 1. The first-order valence-electron chi connectivity index (χ1n) is 6.13. The third-order valence-corrected chi connectivity index (χ3v) is 3.70. The van der Waals surface area contributed by atoms with E-state index in [2.05, 4.69) is 44.4 Å². The molecule has 0 saturated carbocycles. The van der Waals surface area contributed by atoms with Crippen LogP contribution in [0.1, 0.15) is 22.9 Å². The van der Waals surface area contributed by atoms with Crippen molar-refractivity contribution in [2.45, 2.75) is 19.4 Å². The molecule has 1 N–H and O–H groups in total. The molecule has 2 nitrogen and oxygen atoms in total. The van der Waals surface area contributed by atoms with E-state index in [-0.39, 0.29) is 6.04 Å². The van der Waals surface area contributed by atoms with Gasteiger partial charge in [-0.15, -0.1) is 0 Å². The Morgan fingerprint density at radius 2 is 2.11 bits per heavy atom. The number of likely N-dealkylation sites (N-methyl/N-ethyl adjacent to an activating group) is 1. The first-order valence-corrected chi connectivity index (χ1v) is 7.30. The van der Waals surface area contributed by atoms with Crippen LogP contribution in [-0.2, 0) is 6.42 Å². The van der Waals surface area contributed by atoms with Crippen molar-refractivity contribution < 1.29 is 0 Å². The zero-order valence-electron chi connectivity index (χ0n) is 11.0. The summed E-state index contributed by atoms with van der Waals surface area (Å²) in [7, 11) is 1.95. The van der Waals surface area contributed by atoms with Gasteiger partial charge in [-0.05, 0) is 49.4 Å². The molecule has 1 unspecified atom stereocenters. The molecule has 1 atom stereocenters. The monoisotopic (exact) mass is 338 g/mol. The zero-order valence-corrected chi connectivity index (χ0v) is 13.3. The topological polar surface area (TPSA) is 24.9 Å². The summed E-state index contributed by atoms with van der Waals surface area (Å²) in [4.78, 5) is 4.45. The fourth-order valence-corrected chi connectivity index (χ4v) is 2.88. The van der Waals surface area contributed by atoms with E-state index in [1.165, 1.54) is 5.56 Å². The van der Waals surface area contributed by atoms with E-state index in [0.717, 1.165) is 27.2 Å². The van der Waals surface area contributed by atoms with Crippen molar-refractivity contribution in [2.75, 3.05) is 7.05 Å². The molecule has 0 bridgehead atoms. The van der Waals surface area contributed by atoms with Gasteiger partial charge in [0.2, 0.25) is 0 Å². The Kier molecular flexibility index (Phi) is 4.97. The minimum atomic E-state index is 0.199. The average Bonchev–Trinajstić information content (AvgIpc) is 2.37. The molecule has 1 aromatic heterocycles. The van der Waals surface area contributed by atoms with Crippen molar-refractivity contribution in [3.05, 3.63) is 62.8 Å². The van der Waals surface area contributed by atoms with Gasteiger partial charge >= 0.3 is 0 Å². The van der Waals surface area contributed by atoms with Crippen LogP contribution in [0.3, 0.4) is 0 Å². The molecule has 0 aliphatic rings. The summed E-state index contributed by atoms with van der Waals surface area (Å²) in [6, 6.07) is 10.3. The summed E-state index contributed by atoms with van der Waals surface area (Å²) in [5.74, 6) is 0. The molecule has 0 aliphatic heterocycles. The zero-order chi connectivity index (χ0) is 13.8. The Balaban J connectivity index is 2.22. The fourth-order valence-electron chi connectivity index (χ4n) is 1.99. The maximum absolute atomic E-state index is 6.10. The quantitative estimate of drug-likeness (QED) is 0.898. The number of benzene rings is 1. The van der Waals surface area contributed by atoms with Crippen LogP contribution in [-0.4, -0.2) is 12.0 Å². The predicted molar refractivity (Wildman–Crippen MR) is 83.6 cm³/mol. The second-order valence-corrected chi connectivity index (χ2v) is 5.93. The fraction of sp³-hybridized carbons (Fsp3) is 0.267. The molecule has 0 fully saturated rings. The highest BCUT2D eigenvalue weighted by atomic mass is 79.9.